The van der Waals surface area contributed by atoms with Crippen LogP contribution in [-0.2, 0) is 0 Å². The zero-order valence-electron chi connectivity index (χ0n) is 10.5. The number of rotatable bonds is 2. The number of carbonyl (C=O) groups is 1. The average molecular weight is 268 g/mol. The maximum atomic E-state index is 11.2. The van der Waals surface area contributed by atoms with Crippen LogP contribution in [0.4, 0.5) is 5.69 Å². The van der Waals surface area contributed by atoms with Gasteiger partial charge in [-0.05, 0) is 35.4 Å². The third kappa shape index (κ3) is 1.85. The summed E-state index contributed by atoms with van der Waals surface area (Å²) in [6.07, 6.45) is 0. The van der Waals surface area contributed by atoms with E-state index in [0.29, 0.717) is 11.0 Å². The van der Waals surface area contributed by atoms with Crippen molar-refractivity contribution in [3.63, 3.8) is 0 Å². The summed E-state index contributed by atoms with van der Waals surface area (Å²) in [5, 5.41) is 10.1. The van der Waals surface area contributed by atoms with E-state index >= 15 is 0 Å². The normalized spacial score (nSPS) is 10.8. The summed E-state index contributed by atoms with van der Waals surface area (Å²) in [6, 6.07) is 12.2. The van der Waals surface area contributed by atoms with Crippen LogP contribution in [0.15, 0.2) is 46.9 Å². The molecule has 0 saturated heterocycles. The minimum Gasteiger partial charge on any atom is -0.508 e. The lowest BCUT2D eigenvalue weighted by molar-refractivity contribution is 0.0977. The van der Waals surface area contributed by atoms with E-state index in [-0.39, 0.29) is 17.2 Å². The Kier molecular flexibility index (Phi) is 2.61. The Morgan fingerprint density at radius 3 is 2.55 bits per heavy atom. The Morgan fingerprint density at radius 2 is 1.85 bits per heavy atom. The lowest BCUT2D eigenvalue weighted by Crippen LogP contribution is -2.11. The Hall–Kier alpha value is -2.95. The Labute approximate surface area is 114 Å². The number of nitrogen functional groups attached to an aromatic ring is 1. The molecule has 5 N–H and O–H groups in total. The van der Waals surface area contributed by atoms with Crippen LogP contribution in [0.2, 0.25) is 0 Å². The lowest BCUT2D eigenvalue weighted by atomic mass is 10.0. The highest BCUT2D eigenvalue weighted by Gasteiger charge is 2.16. The highest BCUT2D eigenvalue weighted by Crippen LogP contribution is 2.32. The van der Waals surface area contributed by atoms with Crippen molar-refractivity contribution in [3.05, 3.63) is 48.2 Å². The van der Waals surface area contributed by atoms with Gasteiger partial charge in [0.2, 0.25) is 5.76 Å². The maximum Gasteiger partial charge on any atom is 0.286 e. The van der Waals surface area contributed by atoms with Crippen LogP contribution in [0, 0.1) is 0 Å². The molecule has 0 unspecified atom stereocenters. The van der Waals surface area contributed by atoms with Crippen molar-refractivity contribution in [3.8, 4) is 16.9 Å². The fourth-order valence-electron chi connectivity index (χ4n) is 2.16. The van der Waals surface area contributed by atoms with Crippen molar-refractivity contribution in [2.24, 2.45) is 5.73 Å². The number of furan rings is 1. The average Bonchev–Trinajstić information content (AvgIpc) is 2.76. The van der Waals surface area contributed by atoms with Crippen molar-refractivity contribution in [1.82, 2.24) is 0 Å². The van der Waals surface area contributed by atoms with Crippen molar-refractivity contribution < 1.29 is 14.3 Å². The molecule has 0 aliphatic rings. The largest absolute Gasteiger partial charge is 0.508 e. The molecule has 0 radical (unpaired) electrons. The van der Waals surface area contributed by atoms with Gasteiger partial charge < -0.3 is 21.0 Å². The minimum absolute atomic E-state index is 0.0342. The highest BCUT2D eigenvalue weighted by atomic mass is 16.3. The first-order valence-corrected chi connectivity index (χ1v) is 5.97. The number of phenols is 1. The standard InChI is InChI=1S/C15H12N2O3/c16-13-11-7-9(8-2-1-3-10(18)6-8)4-5-12(11)20-14(13)15(17)19/h1-7,18H,16H2,(H2,17,19). The summed E-state index contributed by atoms with van der Waals surface area (Å²) in [6.45, 7) is 0. The molecule has 2 aromatic carbocycles. The van der Waals surface area contributed by atoms with Gasteiger partial charge in [-0.25, -0.2) is 0 Å². The molecule has 0 fully saturated rings. The van der Waals surface area contributed by atoms with Crippen LogP contribution < -0.4 is 11.5 Å². The molecule has 100 valence electrons. The van der Waals surface area contributed by atoms with Crippen LogP contribution in [0.25, 0.3) is 22.1 Å². The van der Waals surface area contributed by atoms with Gasteiger partial charge in [-0.15, -0.1) is 0 Å². The van der Waals surface area contributed by atoms with Crippen molar-refractivity contribution >= 4 is 22.6 Å². The monoisotopic (exact) mass is 268 g/mol. The number of anilines is 1. The number of hydrogen-bond acceptors (Lipinski definition) is 4. The second-order valence-corrected chi connectivity index (χ2v) is 4.47. The van der Waals surface area contributed by atoms with E-state index in [4.69, 9.17) is 15.9 Å². The Morgan fingerprint density at radius 1 is 1.10 bits per heavy atom. The molecule has 0 aliphatic carbocycles. The van der Waals surface area contributed by atoms with Gasteiger partial charge in [0.15, 0.2) is 0 Å². The van der Waals surface area contributed by atoms with E-state index in [1.165, 1.54) is 0 Å². The molecule has 0 saturated carbocycles. The molecule has 1 heterocycles. The first-order chi connectivity index (χ1) is 9.56. The first kappa shape index (κ1) is 12.1. The summed E-state index contributed by atoms with van der Waals surface area (Å²) in [4.78, 5) is 11.2. The van der Waals surface area contributed by atoms with Crippen molar-refractivity contribution in [1.29, 1.82) is 0 Å². The number of carbonyl (C=O) groups excluding carboxylic acids is 1. The summed E-state index contributed by atoms with van der Waals surface area (Å²) >= 11 is 0. The molecule has 20 heavy (non-hydrogen) atoms. The topological polar surface area (TPSA) is 102 Å². The van der Waals surface area contributed by atoms with Gasteiger partial charge in [-0.2, -0.15) is 0 Å². The van der Waals surface area contributed by atoms with Gasteiger partial charge in [0.05, 0.1) is 5.69 Å². The van der Waals surface area contributed by atoms with Crippen LogP contribution in [0.3, 0.4) is 0 Å². The smallest absolute Gasteiger partial charge is 0.286 e. The van der Waals surface area contributed by atoms with Crippen LogP contribution >= 0.6 is 0 Å². The van der Waals surface area contributed by atoms with Gasteiger partial charge in [0.25, 0.3) is 5.91 Å². The zero-order valence-corrected chi connectivity index (χ0v) is 10.5. The molecule has 0 atom stereocenters. The van der Waals surface area contributed by atoms with E-state index < -0.39 is 5.91 Å². The third-order valence-corrected chi connectivity index (χ3v) is 3.13. The molecule has 1 aromatic heterocycles. The fourth-order valence-corrected chi connectivity index (χ4v) is 2.16. The lowest BCUT2D eigenvalue weighted by Gasteiger charge is -2.02. The van der Waals surface area contributed by atoms with Gasteiger partial charge >= 0.3 is 0 Å². The van der Waals surface area contributed by atoms with E-state index in [0.717, 1.165) is 11.1 Å². The zero-order chi connectivity index (χ0) is 14.3. The van der Waals surface area contributed by atoms with Crippen LogP contribution in [0.1, 0.15) is 10.6 Å². The molecule has 5 heteroatoms. The van der Waals surface area contributed by atoms with E-state index in [9.17, 15) is 9.90 Å². The summed E-state index contributed by atoms with van der Waals surface area (Å²) in [5.74, 6) is -0.550. The number of phenolic OH excluding ortho intramolecular Hbond substituents is 1. The van der Waals surface area contributed by atoms with E-state index in [1.54, 1.807) is 30.3 Å². The van der Waals surface area contributed by atoms with E-state index in [2.05, 4.69) is 0 Å². The molecule has 5 nitrogen and oxygen atoms in total. The number of fused-ring (bicyclic) bond motifs is 1. The molecule has 0 aliphatic heterocycles. The highest BCUT2D eigenvalue weighted by molar-refractivity contribution is 6.05. The Balaban J connectivity index is 2.20. The summed E-state index contributed by atoms with van der Waals surface area (Å²) in [5.41, 5.74) is 13.5. The first-order valence-electron chi connectivity index (χ1n) is 5.97. The number of hydrogen-bond donors (Lipinski definition) is 3. The fraction of sp³-hybridized carbons (Fsp3) is 0. The van der Waals surface area contributed by atoms with Crippen molar-refractivity contribution in [2.75, 3.05) is 5.73 Å². The molecular formula is C15H12N2O3. The molecule has 0 spiro atoms. The summed E-state index contributed by atoms with van der Waals surface area (Å²) < 4.78 is 5.33. The third-order valence-electron chi connectivity index (χ3n) is 3.13. The number of primary amides is 1. The number of aromatic hydroxyl groups is 1. The van der Waals surface area contributed by atoms with E-state index in [1.807, 2.05) is 12.1 Å². The van der Waals surface area contributed by atoms with Gasteiger partial charge in [0.1, 0.15) is 11.3 Å². The SMILES string of the molecule is NC(=O)c1oc2ccc(-c3cccc(O)c3)cc2c1N. The second-order valence-electron chi connectivity index (χ2n) is 4.47. The number of nitrogens with two attached hydrogens (primary N) is 2. The predicted molar refractivity (Wildman–Crippen MR) is 76.2 cm³/mol. The Bertz CT molecular complexity index is 821. The quantitative estimate of drug-likeness (QED) is 0.664. The predicted octanol–water partition coefficient (Wildman–Crippen LogP) is 2.49. The van der Waals surface area contributed by atoms with Gasteiger partial charge in [-0.3, -0.25) is 4.79 Å². The van der Waals surface area contributed by atoms with Crippen molar-refractivity contribution in [2.45, 2.75) is 0 Å². The molecule has 3 rings (SSSR count). The van der Waals surface area contributed by atoms with Crippen LogP contribution in [0.5, 0.6) is 5.75 Å². The number of amides is 1. The van der Waals surface area contributed by atoms with Gasteiger partial charge in [0, 0.05) is 5.39 Å². The number of benzene rings is 2. The maximum absolute atomic E-state index is 11.2. The molecule has 1 amide bonds. The molecule has 0 bridgehead atoms. The molecular weight excluding hydrogens is 256 g/mol. The molecule has 3 aromatic rings. The van der Waals surface area contributed by atoms with Gasteiger partial charge in [-0.1, -0.05) is 18.2 Å². The van der Waals surface area contributed by atoms with Crippen LogP contribution in [-0.4, -0.2) is 11.0 Å². The second kappa shape index (κ2) is 4.31. The minimum atomic E-state index is -0.697. The summed E-state index contributed by atoms with van der Waals surface area (Å²) in [7, 11) is 0.